The van der Waals surface area contributed by atoms with Crippen LogP contribution in [0.5, 0.6) is 0 Å². The number of hydrogen-bond acceptors (Lipinski definition) is 4. The second-order valence-electron chi connectivity index (χ2n) is 5.71. The quantitative estimate of drug-likeness (QED) is 0.480. The van der Waals surface area contributed by atoms with Crippen LogP contribution in [0.2, 0.25) is 0 Å². The van der Waals surface area contributed by atoms with Crippen molar-refractivity contribution in [2.24, 2.45) is 0 Å². The van der Waals surface area contributed by atoms with Gasteiger partial charge < -0.3 is 14.0 Å². The molecule has 0 saturated carbocycles. The molecule has 0 amide bonds. The van der Waals surface area contributed by atoms with Crippen LogP contribution in [-0.2, 0) is 14.0 Å². The van der Waals surface area contributed by atoms with Gasteiger partial charge in [0.1, 0.15) is 8.30 Å². The zero-order chi connectivity index (χ0) is 16.7. The molecule has 120 valence electrons. The molecule has 1 heterocycles. The van der Waals surface area contributed by atoms with Crippen LogP contribution < -0.4 is 0 Å². The molecule has 0 bridgehead atoms. The van der Waals surface area contributed by atoms with Crippen molar-refractivity contribution in [1.82, 2.24) is 4.67 Å². The largest absolute Gasteiger partial charge is 0.385 e. The van der Waals surface area contributed by atoms with E-state index in [9.17, 15) is 0 Å². The molecule has 0 N–H and O–H groups in total. The van der Waals surface area contributed by atoms with Crippen molar-refractivity contribution < 1.29 is 16.7 Å². The van der Waals surface area contributed by atoms with Crippen molar-refractivity contribution in [3.63, 3.8) is 0 Å². The minimum atomic E-state index is -0.770. The minimum absolute atomic E-state index is 0.131. The molecule has 20 heavy (non-hydrogen) atoms. The summed E-state index contributed by atoms with van der Waals surface area (Å²) in [6.07, 6.45) is 2.08. The average molecular weight is 308 g/mol. The van der Waals surface area contributed by atoms with E-state index in [1.54, 1.807) is 7.11 Å². The normalized spacial score (nSPS) is 30.1. The van der Waals surface area contributed by atoms with Gasteiger partial charge in [-0.3, -0.25) is 4.67 Å². The fourth-order valence-electron chi connectivity index (χ4n) is 2.46. The van der Waals surface area contributed by atoms with Crippen molar-refractivity contribution in [1.29, 1.82) is 0 Å². The highest BCUT2D eigenvalue weighted by Crippen LogP contribution is 2.47. The zero-order valence-electron chi connectivity index (χ0n) is 15.5. The second kappa shape index (κ2) is 9.32. The van der Waals surface area contributed by atoms with Gasteiger partial charge in [-0.1, -0.05) is 0 Å². The maximum absolute atomic E-state index is 7.77. The zero-order valence-corrected chi connectivity index (χ0v) is 14.4. The first-order chi connectivity index (χ1) is 10.4. The molecular formula is C15H32NO3P. The van der Waals surface area contributed by atoms with E-state index in [0.717, 1.165) is 19.2 Å². The Morgan fingerprint density at radius 2 is 2.15 bits per heavy atom. The number of ether oxygens (including phenoxy) is 2. The Kier molecular flexibility index (Phi) is 7.07. The highest BCUT2D eigenvalue weighted by atomic mass is 31.2. The molecule has 0 aromatic rings. The monoisotopic (exact) mass is 308 g/mol. The van der Waals surface area contributed by atoms with Gasteiger partial charge in [0.05, 0.1) is 13.6 Å². The molecule has 0 aromatic carbocycles. The Morgan fingerprint density at radius 1 is 1.45 bits per heavy atom. The van der Waals surface area contributed by atoms with E-state index in [1.165, 1.54) is 0 Å². The second-order valence-corrected chi connectivity index (χ2v) is 7.53. The van der Waals surface area contributed by atoms with Crippen molar-refractivity contribution in [2.75, 3.05) is 26.5 Å². The summed E-state index contributed by atoms with van der Waals surface area (Å²) in [6.45, 7) is 9.10. The summed E-state index contributed by atoms with van der Waals surface area (Å²) in [6, 6.07) is 0.800. The van der Waals surface area contributed by atoms with E-state index in [4.69, 9.17) is 16.7 Å². The SMILES string of the molecule is [2H]C[C@H]1O[C@H]([3H])C[C@@H]1OP(CCCOC)N(C(C)C)C(C)C. The minimum Gasteiger partial charge on any atom is -0.385 e. The summed E-state index contributed by atoms with van der Waals surface area (Å²) in [5, 5.41) is 0. The fourth-order valence-corrected chi connectivity index (χ4v) is 4.87. The molecule has 0 aliphatic carbocycles. The molecule has 1 aliphatic heterocycles. The van der Waals surface area contributed by atoms with Crippen LogP contribution in [-0.4, -0.2) is 55.4 Å². The van der Waals surface area contributed by atoms with Crippen LogP contribution in [0.1, 0.15) is 50.2 Å². The van der Waals surface area contributed by atoms with E-state index in [1.807, 2.05) is 0 Å². The van der Waals surface area contributed by atoms with Gasteiger partial charge >= 0.3 is 0 Å². The summed E-state index contributed by atoms with van der Waals surface area (Å²) in [7, 11) is 0.949. The molecule has 4 atom stereocenters. The van der Waals surface area contributed by atoms with Crippen LogP contribution in [0.15, 0.2) is 0 Å². The lowest BCUT2D eigenvalue weighted by Crippen LogP contribution is -2.35. The third-order valence-corrected chi connectivity index (χ3v) is 5.94. The van der Waals surface area contributed by atoms with Gasteiger partial charge in [0.25, 0.3) is 0 Å². The van der Waals surface area contributed by atoms with E-state index in [-0.39, 0.29) is 19.1 Å². The van der Waals surface area contributed by atoms with Crippen LogP contribution in [0, 0.1) is 0 Å². The molecular weight excluding hydrogens is 273 g/mol. The molecule has 1 aliphatic rings. The summed E-state index contributed by atoms with van der Waals surface area (Å²) in [5.41, 5.74) is 0. The van der Waals surface area contributed by atoms with Gasteiger partial charge in [0, 0.05) is 39.9 Å². The standard InChI is InChI=1S/C15H32NO3P/c1-12(2)16(13(3)4)20(11-7-9-17-6)19-15-8-10-18-14(15)5/h12-15H,7-11H2,1-6H3/t14-,15+,20?/m1/s1/i5D,10T/t10-,14-,15+,20?. The van der Waals surface area contributed by atoms with Crippen molar-refractivity contribution in [3.8, 4) is 0 Å². The highest BCUT2D eigenvalue weighted by molar-refractivity contribution is 7.50. The Hall–Kier alpha value is 0.270. The highest BCUT2D eigenvalue weighted by Gasteiger charge is 2.32. The van der Waals surface area contributed by atoms with Gasteiger partial charge in [-0.2, -0.15) is 0 Å². The summed E-state index contributed by atoms with van der Waals surface area (Å²) in [5.74, 6) is 0. The Bertz CT molecular complexity index is 303. The van der Waals surface area contributed by atoms with Gasteiger partial charge in [-0.05, 0) is 47.4 Å². The first-order valence-electron chi connectivity index (χ1n) is 8.77. The van der Waals surface area contributed by atoms with E-state index in [2.05, 4.69) is 32.4 Å². The average Bonchev–Trinajstić information content (AvgIpc) is 2.78. The number of methoxy groups -OCH3 is 1. The molecule has 1 fully saturated rings. The maximum atomic E-state index is 7.77. The Morgan fingerprint density at radius 3 is 2.70 bits per heavy atom. The van der Waals surface area contributed by atoms with Crippen molar-refractivity contribution >= 4 is 8.30 Å². The lowest BCUT2D eigenvalue weighted by Gasteiger charge is -2.38. The van der Waals surface area contributed by atoms with E-state index < -0.39 is 14.9 Å². The molecule has 5 heteroatoms. The van der Waals surface area contributed by atoms with Crippen LogP contribution in [0.25, 0.3) is 0 Å². The number of rotatable bonds is 9. The molecule has 1 rings (SSSR count). The summed E-state index contributed by atoms with van der Waals surface area (Å²) >= 11 is 0. The first-order valence-corrected chi connectivity index (χ1v) is 8.88. The molecule has 4 nitrogen and oxygen atoms in total. The van der Waals surface area contributed by atoms with Gasteiger partial charge in [0.2, 0.25) is 0 Å². The van der Waals surface area contributed by atoms with E-state index >= 15 is 0 Å². The van der Waals surface area contributed by atoms with Crippen LogP contribution in [0.3, 0.4) is 0 Å². The predicted octanol–water partition coefficient (Wildman–Crippen LogP) is 3.65. The molecule has 0 spiro atoms. The molecule has 0 aromatic heterocycles. The van der Waals surface area contributed by atoms with Crippen molar-refractivity contribution in [2.45, 2.75) is 71.7 Å². The van der Waals surface area contributed by atoms with Gasteiger partial charge in [0.15, 0.2) is 0 Å². The molecule has 0 radical (unpaired) electrons. The van der Waals surface area contributed by atoms with Gasteiger partial charge in [-0.15, -0.1) is 0 Å². The number of hydrogen-bond donors (Lipinski definition) is 0. The Labute approximate surface area is 128 Å². The van der Waals surface area contributed by atoms with Crippen LogP contribution in [0.4, 0.5) is 0 Å². The third-order valence-electron chi connectivity index (χ3n) is 3.28. The smallest absolute Gasteiger partial charge is 0.105 e. The van der Waals surface area contributed by atoms with Crippen LogP contribution >= 0.6 is 8.30 Å². The van der Waals surface area contributed by atoms with Crippen molar-refractivity contribution in [3.05, 3.63) is 0 Å². The summed E-state index contributed by atoms with van der Waals surface area (Å²) in [4.78, 5) is 0. The lowest BCUT2D eigenvalue weighted by molar-refractivity contribution is 0.0669. The third kappa shape index (κ3) is 5.57. The topological polar surface area (TPSA) is 30.9 Å². The summed E-state index contributed by atoms with van der Waals surface area (Å²) < 4.78 is 34.8. The first kappa shape index (κ1) is 15.2. The van der Waals surface area contributed by atoms with Gasteiger partial charge in [-0.25, -0.2) is 0 Å². The molecule has 1 saturated heterocycles. The van der Waals surface area contributed by atoms with E-state index in [0.29, 0.717) is 18.5 Å². The lowest BCUT2D eigenvalue weighted by atomic mass is 10.2. The molecule has 1 unspecified atom stereocenters. The number of nitrogens with zero attached hydrogens (tertiary/aromatic N) is 1. The predicted molar refractivity (Wildman–Crippen MR) is 85.3 cm³/mol. The Balaban J connectivity index is 2.75. The fraction of sp³-hybridized carbons (Fsp3) is 1.00. The maximum Gasteiger partial charge on any atom is 0.105 e.